The average molecular weight is 537 g/mol. The highest BCUT2D eigenvalue weighted by Crippen LogP contribution is 2.43. The minimum atomic E-state index is -4.77. The highest BCUT2D eigenvalue weighted by Gasteiger charge is 2.40. The summed E-state index contributed by atoms with van der Waals surface area (Å²) in [6.45, 7) is -0.0848. The molecule has 0 amide bonds. The molecule has 9 heteroatoms. The monoisotopic (exact) mass is 537 g/mol. The Kier molecular flexibility index (Phi) is 5.29. The van der Waals surface area contributed by atoms with Crippen molar-refractivity contribution >= 4 is 40.7 Å². The Morgan fingerprint density at radius 1 is 0.900 bits per heavy atom. The number of para-hydroxylation sites is 1. The van der Waals surface area contributed by atoms with Gasteiger partial charge in [0.05, 0.1) is 21.7 Å². The molecule has 30 heavy (non-hydrogen) atoms. The van der Waals surface area contributed by atoms with Crippen molar-refractivity contribution in [3.63, 3.8) is 0 Å². The van der Waals surface area contributed by atoms with Gasteiger partial charge in [0.25, 0.3) is 0 Å². The van der Waals surface area contributed by atoms with Crippen molar-refractivity contribution in [2.45, 2.75) is 25.0 Å². The van der Waals surface area contributed by atoms with Gasteiger partial charge in [-0.2, -0.15) is 26.3 Å². The molecule has 0 saturated carbocycles. The minimum Gasteiger partial charge on any atom is -0.387 e. The number of rotatable bonds is 3. The van der Waals surface area contributed by atoms with E-state index in [4.69, 9.17) is 0 Å². The topological polar surface area (TPSA) is 25.2 Å². The molecule has 0 bridgehead atoms. The molecular formula is C21H14F6INO. The maximum absolute atomic E-state index is 13.5. The first-order valence-electron chi connectivity index (χ1n) is 8.79. The van der Waals surface area contributed by atoms with Crippen LogP contribution in [0.4, 0.5) is 26.3 Å². The summed E-state index contributed by atoms with van der Waals surface area (Å²) in [6.07, 6.45) is -8.43. The van der Waals surface area contributed by atoms with Gasteiger partial charge in [-0.1, -0.05) is 51.1 Å². The lowest BCUT2D eigenvalue weighted by atomic mass is 9.97. The first-order chi connectivity index (χ1) is 14.1. The number of benzene rings is 2. The lowest BCUT2D eigenvalue weighted by molar-refractivity contribution is -0.138. The van der Waals surface area contributed by atoms with Gasteiger partial charge in [0.15, 0.2) is 0 Å². The second-order valence-electron chi connectivity index (χ2n) is 6.75. The van der Waals surface area contributed by atoms with Crippen LogP contribution in [0.3, 0.4) is 0 Å². The second kappa shape index (κ2) is 7.52. The second-order valence-corrected chi connectivity index (χ2v) is 9.53. The first-order valence-corrected chi connectivity index (χ1v) is 10.9. The van der Waals surface area contributed by atoms with Gasteiger partial charge >= 0.3 is 12.4 Å². The van der Waals surface area contributed by atoms with E-state index in [1.807, 2.05) is 12.1 Å². The Hall–Kier alpha value is -2.14. The van der Waals surface area contributed by atoms with Crippen molar-refractivity contribution in [2.24, 2.45) is 0 Å². The van der Waals surface area contributed by atoms with Gasteiger partial charge in [-0.05, 0) is 40.8 Å². The Morgan fingerprint density at radius 2 is 1.63 bits per heavy atom. The van der Waals surface area contributed by atoms with Gasteiger partial charge in [-0.25, -0.2) is 0 Å². The first kappa shape index (κ1) is 21.1. The van der Waals surface area contributed by atoms with Crippen LogP contribution in [0.1, 0.15) is 11.1 Å². The smallest absolute Gasteiger partial charge is 0.387 e. The SMILES string of the molecule is OC(Cn1ccc2ccccc21)C1=CC(C(F)(F)F)=Ic2c1cccc2C(F)(F)F. The third-order valence-electron chi connectivity index (χ3n) is 4.77. The van der Waals surface area contributed by atoms with Crippen molar-refractivity contribution in [3.05, 3.63) is 75.5 Å². The molecule has 4 rings (SSSR count). The van der Waals surface area contributed by atoms with E-state index in [1.54, 1.807) is 29.0 Å². The van der Waals surface area contributed by atoms with Crippen molar-refractivity contribution in [1.29, 1.82) is 0 Å². The molecule has 0 fully saturated rings. The molecule has 1 unspecified atom stereocenters. The number of alkyl halides is 6. The van der Waals surface area contributed by atoms with E-state index < -0.39 is 48.3 Å². The Morgan fingerprint density at radius 3 is 2.33 bits per heavy atom. The molecule has 0 saturated heterocycles. The van der Waals surface area contributed by atoms with Crippen molar-refractivity contribution in [2.75, 3.05) is 0 Å². The lowest BCUT2D eigenvalue weighted by Gasteiger charge is -2.25. The summed E-state index contributed by atoms with van der Waals surface area (Å²) in [5.41, 5.74) is -0.412. The fourth-order valence-corrected chi connectivity index (χ4v) is 6.35. The number of hydrogen-bond donors (Lipinski definition) is 1. The van der Waals surface area contributed by atoms with Crippen LogP contribution in [0.5, 0.6) is 0 Å². The number of allylic oxidation sites excluding steroid dienone is 1. The Labute approximate surface area is 177 Å². The molecular weight excluding hydrogens is 523 g/mol. The lowest BCUT2D eigenvalue weighted by Crippen LogP contribution is -2.26. The molecule has 3 aromatic rings. The van der Waals surface area contributed by atoms with Crippen LogP contribution in [-0.4, -0.2) is 25.5 Å². The third kappa shape index (κ3) is 3.92. The van der Waals surface area contributed by atoms with E-state index in [1.165, 1.54) is 6.07 Å². The molecule has 0 aliphatic carbocycles. The normalized spacial score (nSPS) is 15.8. The molecule has 1 N–H and O–H groups in total. The van der Waals surface area contributed by atoms with E-state index in [0.29, 0.717) is 0 Å². The quantitative estimate of drug-likeness (QED) is 0.322. The molecule has 0 radical (unpaired) electrons. The number of aliphatic hydroxyl groups excluding tert-OH is 1. The maximum Gasteiger partial charge on any atom is 0.421 e. The van der Waals surface area contributed by atoms with Gasteiger partial charge in [-0.15, -0.1) is 0 Å². The highest BCUT2D eigenvalue weighted by molar-refractivity contribution is 14.2. The molecule has 0 spiro atoms. The molecule has 1 aromatic heterocycles. The van der Waals surface area contributed by atoms with Gasteiger partial charge in [0.2, 0.25) is 0 Å². The molecule has 1 aliphatic rings. The predicted octanol–water partition coefficient (Wildman–Crippen LogP) is 5.99. The summed E-state index contributed by atoms with van der Waals surface area (Å²) >= 11 is -2.10. The van der Waals surface area contributed by atoms with Gasteiger partial charge in [-0.3, -0.25) is 0 Å². The zero-order valence-corrected chi connectivity index (χ0v) is 17.3. The van der Waals surface area contributed by atoms with Crippen LogP contribution >= 0.6 is 20.7 Å². The summed E-state index contributed by atoms with van der Waals surface area (Å²) in [6, 6.07) is 12.4. The van der Waals surface area contributed by atoms with E-state index in [0.717, 1.165) is 29.1 Å². The summed E-state index contributed by atoms with van der Waals surface area (Å²) < 4.78 is 81.0. The Bertz CT molecular complexity index is 1170. The van der Waals surface area contributed by atoms with Crippen LogP contribution in [0.15, 0.2) is 60.8 Å². The molecule has 158 valence electrons. The fourth-order valence-electron chi connectivity index (χ4n) is 3.41. The number of halogens is 7. The number of fused-ring (bicyclic) bond motifs is 2. The average Bonchev–Trinajstić information content (AvgIpc) is 3.08. The Balaban J connectivity index is 1.81. The largest absolute Gasteiger partial charge is 0.421 e. The van der Waals surface area contributed by atoms with Crippen molar-refractivity contribution < 1.29 is 31.4 Å². The summed E-state index contributed by atoms with van der Waals surface area (Å²) in [4.78, 5) is 0. The zero-order valence-electron chi connectivity index (χ0n) is 15.1. The summed E-state index contributed by atoms with van der Waals surface area (Å²) in [5.74, 6) is 0. The molecule has 2 aromatic carbocycles. The summed E-state index contributed by atoms with van der Waals surface area (Å²) in [7, 11) is 0. The van der Waals surface area contributed by atoms with Crippen LogP contribution < -0.4 is 0 Å². The predicted molar refractivity (Wildman–Crippen MR) is 111 cm³/mol. The summed E-state index contributed by atoms with van der Waals surface area (Å²) in [5, 5.41) is 11.7. The number of nitrogens with zero attached hydrogens (tertiary/aromatic N) is 1. The number of hydrogen-bond acceptors (Lipinski definition) is 1. The standard InChI is InChI=1S/C21H14F6INO/c22-20(23,24)15-6-3-5-13-14(10-18(21(25,26)27)28-19(13)15)17(30)11-29-9-8-12-4-1-2-7-16(12)29/h1-10,17,30H,11H2. The molecule has 1 aliphatic heterocycles. The van der Waals surface area contributed by atoms with Crippen molar-refractivity contribution in [1.82, 2.24) is 4.57 Å². The van der Waals surface area contributed by atoms with Crippen LogP contribution in [0.2, 0.25) is 0 Å². The maximum atomic E-state index is 13.5. The minimum absolute atomic E-state index is 0.0367. The van der Waals surface area contributed by atoms with Crippen LogP contribution in [0, 0.1) is 3.57 Å². The van der Waals surface area contributed by atoms with E-state index >= 15 is 0 Å². The zero-order chi connectivity index (χ0) is 21.7. The molecule has 2 heterocycles. The van der Waals surface area contributed by atoms with Crippen LogP contribution in [-0.2, 0) is 12.7 Å². The van der Waals surface area contributed by atoms with Crippen LogP contribution in [0.25, 0.3) is 16.5 Å². The van der Waals surface area contributed by atoms with Gasteiger partial charge in [0, 0.05) is 15.3 Å². The third-order valence-corrected chi connectivity index (χ3v) is 7.98. The number of aliphatic hydroxyl groups is 1. The number of aromatic nitrogens is 1. The molecule has 1 atom stereocenters. The van der Waals surface area contributed by atoms with Crippen molar-refractivity contribution in [3.8, 4) is 0 Å². The van der Waals surface area contributed by atoms with E-state index in [-0.39, 0.29) is 21.3 Å². The highest BCUT2D eigenvalue weighted by atomic mass is 127. The van der Waals surface area contributed by atoms with Gasteiger partial charge < -0.3 is 9.67 Å². The van der Waals surface area contributed by atoms with E-state index in [9.17, 15) is 31.4 Å². The van der Waals surface area contributed by atoms with E-state index in [2.05, 4.69) is 0 Å². The van der Waals surface area contributed by atoms with Gasteiger partial charge in [0.1, 0.15) is 0 Å². The molecule has 2 nitrogen and oxygen atoms in total. The fraction of sp³-hybridized carbons (Fsp3) is 0.190.